The van der Waals surface area contributed by atoms with E-state index < -0.39 is 0 Å². The van der Waals surface area contributed by atoms with Crippen LogP contribution < -0.4 is 4.74 Å². The van der Waals surface area contributed by atoms with Crippen molar-refractivity contribution in [3.05, 3.63) is 42.0 Å². The highest BCUT2D eigenvalue weighted by Crippen LogP contribution is 2.32. The highest BCUT2D eigenvalue weighted by molar-refractivity contribution is 5.84. The number of likely N-dealkylation sites (tertiary alicyclic amines) is 1. The predicted octanol–water partition coefficient (Wildman–Crippen LogP) is 7.77. The molecule has 2 aromatic rings. The molecule has 1 saturated heterocycles. The molecule has 0 spiro atoms. The van der Waals surface area contributed by atoms with Gasteiger partial charge in [0.15, 0.2) is 0 Å². The van der Waals surface area contributed by atoms with Crippen LogP contribution in [0.15, 0.2) is 36.4 Å². The monoisotopic (exact) mass is 493 g/mol. The van der Waals surface area contributed by atoms with Gasteiger partial charge in [-0.1, -0.05) is 57.7 Å². The Balaban J connectivity index is 1.22. The molecule has 0 N–H and O–H groups in total. The Morgan fingerprint density at radius 3 is 2.39 bits per heavy atom. The summed E-state index contributed by atoms with van der Waals surface area (Å²) in [6.45, 7) is 9.85. The summed E-state index contributed by atoms with van der Waals surface area (Å²) < 4.78 is 11.6. The van der Waals surface area contributed by atoms with Crippen molar-refractivity contribution >= 4 is 16.7 Å². The Hall–Kier alpha value is -2.07. The molecule has 198 valence electrons. The second kappa shape index (κ2) is 13.5. The topological polar surface area (TPSA) is 38.8 Å². The van der Waals surface area contributed by atoms with Gasteiger partial charge in [0.25, 0.3) is 0 Å². The SMILES string of the molecule is CCOC(=O)C1CCN(Cc2ccc3cc(OC4CCC(CCCCC(C)C)CC4)ccc3c2)CC1. The number of ether oxygens (including phenoxy) is 2. The molecule has 0 radical (unpaired) electrons. The van der Waals surface area contributed by atoms with Crippen molar-refractivity contribution in [2.75, 3.05) is 19.7 Å². The quantitative estimate of drug-likeness (QED) is 0.237. The van der Waals surface area contributed by atoms with Gasteiger partial charge in [-0.25, -0.2) is 0 Å². The Morgan fingerprint density at radius 2 is 1.67 bits per heavy atom. The van der Waals surface area contributed by atoms with Crippen LogP contribution in [0.3, 0.4) is 0 Å². The molecule has 0 bridgehead atoms. The number of nitrogens with zero attached hydrogens (tertiary/aromatic N) is 1. The minimum Gasteiger partial charge on any atom is -0.490 e. The molecule has 1 heterocycles. The first-order valence-electron chi connectivity index (χ1n) is 14.6. The first kappa shape index (κ1) is 27.0. The molecule has 36 heavy (non-hydrogen) atoms. The molecule has 4 heteroatoms. The van der Waals surface area contributed by atoms with E-state index in [2.05, 4.69) is 55.1 Å². The number of benzene rings is 2. The zero-order valence-corrected chi connectivity index (χ0v) is 22.8. The standard InChI is InChI=1S/C32H47NO3/c1-4-35-32(34)27-17-19-33(20-18-27)23-26-9-12-29-22-31(16-13-28(29)21-26)36-30-14-10-25(11-15-30)8-6-5-7-24(2)3/h9,12-13,16,21-22,24-25,27,30H,4-8,10-11,14-15,17-20,23H2,1-3H3. The van der Waals surface area contributed by atoms with Gasteiger partial charge >= 0.3 is 5.97 Å². The molecule has 2 aromatic carbocycles. The maximum Gasteiger partial charge on any atom is 0.309 e. The Kier molecular flexibility index (Phi) is 10.1. The van der Waals surface area contributed by atoms with Gasteiger partial charge in [-0.3, -0.25) is 9.69 Å². The van der Waals surface area contributed by atoms with E-state index in [-0.39, 0.29) is 11.9 Å². The normalized spacial score (nSPS) is 21.7. The lowest BCUT2D eigenvalue weighted by molar-refractivity contribution is -0.149. The van der Waals surface area contributed by atoms with E-state index in [0.717, 1.165) is 50.1 Å². The van der Waals surface area contributed by atoms with Crippen molar-refractivity contribution in [1.29, 1.82) is 0 Å². The highest BCUT2D eigenvalue weighted by Gasteiger charge is 2.26. The molecule has 0 aromatic heterocycles. The summed E-state index contributed by atoms with van der Waals surface area (Å²) in [5.41, 5.74) is 1.33. The van der Waals surface area contributed by atoms with Crippen molar-refractivity contribution < 1.29 is 14.3 Å². The number of rotatable bonds is 11. The summed E-state index contributed by atoms with van der Waals surface area (Å²) in [4.78, 5) is 14.4. The Morgan fingerprint density at radius 1 is 0.944 bits per heavy atom. The molecule has 0 atom stereocenters. The zero-order valence-electron chi connectivity index (χ0n) is 22.8. The van der Waals surface area contributed by atoms with Crippen molar-refractivity contribution in [2.45, 2.75) is 97.6 Å². The summed E-state index contributed by atoms with van der Waals surface area (Å²) in [5.74, 6) is 2.80. The van der Waals surface area contributed by atoms with Crippen LogP contribution in [0.1, 0.15) is 90.5 Å². The molecule has 0 amide bonds. The van der Waals surface area contributed by atoms with Gasteiger partial charge in [-0.15, -0.1) is 0 Å². The fourth-order valence-corrected chi connectivity index (χ4v) is 6.01. The average molecular weight is 494 g/mol. The van der Waals surface area contributed by atoms with Gasteiger partial charge in [0, 0.05) is 6.54 Å². The average Bonchev–Trinajstić information content (AvgIpc) is 2.88. The molecule has 4 nitrogen and oxygen atoms in total. The number of piperidine rings is 1. The number of hydrogen-bond acceptors (Lipinski definition) is 4. The van der Waals surface area contributed by atoms with E-state index in [0.29, 0.717) is 12.7 Å². The van der Waals surface area contributed by atoms with Crippen molar-refractivity contribution in [1.82, 2.24) is 4.90 Å². The summed E-state index contributed by atoms with van der Waals surface area (Å²) in [7, 11) is 0. The smallest absolute Gasteiger partial charge is 0.309 e. The zero-order chi connectivity index (χ0) is 25.3. The van der Waals surface area contributed by atoms with Crippen LogP contribution in [0.4, 0.5) is 0 Å². The number of carbonyl (C=O) groups excluding carboxylic acids is 1. The second-order valence-electron chi connectivity index (χ2n) is 11.6. The van der Waals surface area contributed by atoms with Gasteiger partial charge in [-0.2, -0.15) is 0 Å². The van der Waals surface area contributed by atoms with E-state index >= 15 is 0 Å². The summed E-state index contributed by atoms with van der Waals surface area (Å²) in [5, 5.41) is 2.52. The van der Waals surface area contributed by atoms with E-state index in [1.54, 1.807) is 0 Å². The maximum absolute atomic E-state index is 12.0. The minimum absolute atomic E-state index is 0.0222. The third-order valence-electron chi connectivity index (χ3n) is 8.23. The minimum atomic E-state index is -0.0222. The first-order valence-corrected chi connectivity index (χ1v) is 14.6. The van der Waals surface area contributed by atoms with E-state index in [1.807, 2.05) is 6.92 Å². The van der Waals surface area contributed by atoms with Crippen molar-refractivity contribution in [3.63, 3.8) is 0 Å². The lowest BCUT2D eigenvalue weighted by atomic mass is 9.84. The Labute approximate surface area is 218 Å². The van der Waals surface area contributed by atoms with E-state index in [1.165, 1.54) is 67.7 Å². The number of unbranched alkanes of at least 4 members (excludes halogenated alkanes) is 1. The fraction of sp³-hybridized carbons (Fsp3) is 0.656. The molecule has 1 saturated carbocycles. The lowest BCUT2D eigenvalue weighted by Gasteiger charge is -2.30. The second-order valence-corrected chi connectivity index (χ2v) is 11.6. The molecular weight excluding hydrogens is 446 g/mol. The fourth-order valence-electron chi connectivity index (χ4n) is 6.01. The molecule has 1 aliphatic heterocycles. The third-order valence-corrected chi connectivity index (χ3v) is 8.23. The van der Waals surface area contributed by atoms with Crippen LogP contribution in [-0.2, 0) is 16.1 Å². The number of fused-ring (bicyclic) bond motifs is 1. The summed E-state index contributed by atoms with van der Waals surface area (Å²) >= 11 is 0. The predicted molar refractivity (Wildman–Crippen MR) is 148 cm³/mol. The van der Waals surface area contributed by atoms with E-state index in [9.17, 15) is 4.79 Å². The largest absolute Gasteiger partial charge is 0.490 e. The van der Waals surface area contributed by atoms with Gasteiger partial charge < -0.3 is 9.47 Å². The lowest BCUT2D eigenvalue weighted by Crippen LogP contribution is -2.36. The van der Waals surface area contributed by atoms with Gasteiger partial charge in [-0.05, 0) is 105 Å². The molecule has 1 aliphatic carbocycles. The van der Waals surface area contributed by atoms with Crippen molar-refractivity contribution in [2.24, 2.45) is 17.8 Å². The molecular formula is C32H47NO3. The van der Waals surface area contributed by atoms with Crippen LogP contribution >= 0.6 is 0 Å². The third kappa shape index (κ3) is 7.96. The van der Waals surface area contributed by atoms with Gasteiger partial charge in [0.05, 0.1) is 18.6 Å². The van der Waals surface area contributed by atoms with Crippen LogP contribution in [0, 0.1) is 17.8 Å². The number of hydrogen-bond donors (Lipinski definition) is 0. The first-order chi connectivity index (χ1) is 17.5. The maximum atomic E-state index is 12.0. The van der Waals surface area contributed by atoms with Gasteiger partial charge in [0.2, 0.25) is 0 Å². The van der Waals surface area contributed by atoms with E-state index in [4.69, 9.17) is 9.47 Å². The highest BCUT2D eigenvalue weighted by atomic mass is 16.5. The molecule has 2 fully saturated rings. The summed E-state index contributed by atoms with van der Waals surface area (Å²) in [6, 6.07) is 13.4. The molecule has 0 unspecified atom stereocenters. The van der Waals surface area contributed by atoms with Gasteiger partial charge in [0.1, 0.15) is 5.75 Å². The van der Waals surface area contributed by atoms with Crippen LogP contribution in [0.25, 0.3) is 10.8 Å². The molecule has 2 aliphatic rings. The number of carbonyl (C=O) groups is 1. The number of esters is 1. The molecule has 4 rings (SSSR count). The van der Waals surface area contributed by atoms with Crippen molar-refractivity contribution in [3.8, 4) is 5.75 Å². The van der Waals surface area contributed by atoms with Crippen LogP contribution in [0.2, 0.25) is 0 Å². The van der Waals surface area contributed by atoms with Crippen LogP contribution in [0.5, 0.6) is 5.75 Å². The summed E-state index contributed by atoms with van der Waals surface area (Å²) in [6.07, 6.45) is 12.7. The Bertz CT molecular complexity index is 955. The van der Waals surface area contributed by atoms with Crippen LogP contribution in [-0.4, -0.2) is 36.7 Å².